The summed E-state index contributed by atoms with van der Waals surface area (Å²) in [4.78, 5) is 24.6. The maximum Gasteiger partial charge on any atom is 0.407 e. The molecule has 0 heterocycles. The van der Waals surface area contributed by atoms with E-state index in [2.05, 4.69) is 59.2 Å². The van der Waals surface area contributed by atoms with Gasteiger partial charge in [0.05, 0.1) is 165 Å². The number of rotatable bonds is 47. The van der Waals surface area contributed by atoms with Crippen LogP contribution in [0.15, 0.2) is 97.1 Å². The number of fused-ring (bicyclic) bond motifs is 6. The summed E-state index contributed by atoms with van der Waals surface area (Å²) in [5.41, 5.74) is 9.54. The Bertz CT molecular complexity index is 1980. The van der Waals surface area contributed by atoms with Crippen LogP contribution in [0, 0.1) is 0 Å². The van der Waals surface area contributed by atoms with Gasteiger partial charge in [0.25, 0.3) is 0 Å². The summed E-state index contributed by atoms with van der Waals surface area (Å²) in [6.45, 7) is 13.5. The predicted molar refractivity (Wildman–Crippen MR) is 291 cm³/mol. The number of amides is 2. The van der Waals surface area contributed by atoms with Crippen LogP contribution in [0.5, 0.6) is 0 Å². The Kier molecular flexibility index (Phi) is 32.0. The maximum atomic E-state index is 12.3. The molecule has 0 unspecified atom stereocenters. The summed E-state index contributed by atoms with van der Waals surface area (Å²) in [5, 5.41) is 5.56. The normalized spacial score (nSPS) is 12.6. The first kappa shape index (κ1) is 62.1. The lowest BCUT2D eigenvalue weighted by Crippen LogP contribution is -2.29. The van der Waals surface area contributed by atoms with Crippen molar-refractivity contribution in [3.8, 4) is 22.3 Å². The van der Waals surface area contributed by atoms with Crippen molar-refractivity contribution in [2.75, 3.05) is 198 Å². The van der Waals surface area contributed by atoms with E-state index in [4.69, 9.17) is 71.1 Å². The highest BCUT2D eigenvalue weighted by Gasteiger charge is 2.30. The van der Waals surface area contributed by atoms with E-state index < -0.39 is 12.2 Å². The molecule has 2 aliphatic carbocycles. The van der Waals surface area contributed by atoms with Gasteiger partial charge in [0.1, 0.15) is 13.2 Å². The third-order valence-corrected chi connectivity index (χ3v) is 12.4. The molecule has 6 rings (SSSR count). The van der Waals surface area contributed by atoms with Gasteiger partial charge < -0.3 is 81.7 Å². The summed E-state index contributed by atoms with van der Waals surface area (Å²) in [5.74, 6) is 0.0705. The zero-order chi connectivity index (χ0) is 54.2. The van der Waals surface area contributed by atoms with Crippen LogP contribution < -0.4 is 10.6 Å². The first-order chi connectivity index (χ1) is 38.7. The van der Waals surface area contributed by atoms with Crippen LogP contribution in [-0.4, -0.2) is 210 Å². The van der Waals surface area contributed by atoms with Crippen molar-refractivity contribution in [3.63, 3.8) is 0 Å². The molecule has 0 spiro atoms. The van der Waals surface area contributed by atoms with Crippen molar-refractivity contribution < 1.29 is 80.6 Å². The standard InChI is InChI=1S/C59H82N2O17/c62-58(77-46-56-52-14-5-1-10-48(52)49-11-2-6-15-53(49)56)60-18-9-20-64-22-24-66-26-28-68-30-32-70-34-36-72-38-40-74-42-44-76-45-43-75-41-39-73-37-35-71-33-31-69-29-27-67-25-23-65-21-19-61-59(63)78-47-57-54-16-7-3-12-50(54)51-13-4-8-17-55(51)57/h1-8,10-17,56-57H,9,18-47H2,(H,60,62)(H,61,63). The first-order valence-corrected chi connectivity index (χ1v) is 27.4. The molecule has 78 heavy (non-hydrogen) atoms. The van der Waals surface area contributed by atoms with Crippen molar-refractivity contribution in [2.45, 2.75) is 18.3 Å². The van der Waals surface area contributed by atoms with Gasteiger partial charge in [0.2, 0.25) is 0 Å². The molecule has 19 heteroatoms. The average molecular weight is 1090 g/mol. The number of hydrogen-bond donors (Lipinski definition) is 2. The van der Waals surface area contributed by atoms with E-state index in [-0.39, 0.29) is 18.4 Å². The second-order valence-corrected chi connectivity index (χ2v) is 17.8. The topological polar surface area (TPSA) is 197 Å². The monoisotopic (exact) mass is 1090 g/mol. The van der Waals surface area contributed by atoms with E-state index in [1.165, 1.54) is 44.5 Å². The smallest absolute Gasteiger partial charge is 0.407 e. The number of nitrogens with one attached hydrogen (secondary N) is 2. The minimum atomic E-state index is -0.458. The van der Waals surface area contributed by atoms with Gasteiger partial charge in [-0.05, 0) is 50.9 Å². The minimum Gasteiger partial charge on any atom is -0.449 e. The third-order valence-electron chi connectivity index (χ3n) is 12.4. The molecule has 19 nitrogen and oxygen atoms in total. The highest BCUT2D eigenvalue weighted by Crippen LogP contribution is 2.45. The number of carbonyl (C=O) groups excluding carboxylic acids is 2. The number of benzene rings is 4. The molecule has 2 amide bonds. The van der Waals surface area contributed by atoms with Crippen molar-refractivity contribution in [1.29, 1.82) is 0 Å². The van der Waals surface area contributed by atoms with Gasteiger partial charge in [-0.2, -0.15) is 0 Å². The van der Waals surface area contributed by atoms with Crippen LogP contribution in [-0.2, 0) is 71.1 Å². The predicted octanol–water partition coefficient (Wildman–Crippen LogP) is 6.67. The van der Waals surface area contributed by atoms with Crippen molar-refractivity contribution in [3.05, 3.63) is 119 Å². The fraction of sp³-hybridized carbons (Fsp3) is 0.559. The average Bonchev–Trinajstić information content (AvgIpc) is 4.06. The lowest BCUT2D eigenvalue weighted by atomic mass is 9.98. The molecule has 0 saturated carbocycles. The van der Waals surface area contributed by atoms with Crippen LogP contribution >= 0.6 is 0 Å². The Hall–Kier alpha value is -5.10. The molecule has 4 aromatic rings. The molecule has 0 atom stereocenters. The quantitative estimate of drug-likeness (QED) is 0.0445. The first-order valence-electron chi connectivity index (χ1n) is 27.4. The van der Waals surface area contributed by atoms with Crippen molar-refractivity contribution >= 4 is 12.2 Å². The van der Waals surface area contributed by atoms with Gasteiger partial charge in [-0.15, -0.1) is 0 Å². The Morgan fingerprint density at radius 2 is 0.500 bits per heavy atom. The molecule has 0 bridgehead atoms. The van der Waals surface area contributed by atoms with Gasteiger partial charge in [-0.3, -0.25) is 0 Å². The summed E-state index contributed by atoms with van der Waals surface area (Å²) >= 11 is 0. The van der Waals surface area contributed by atoms with E-state index in [0.717, 1.165) is 0 Å². The SMILES string of the molecule is O=C(NCCCOCCOCCOCCOCCOCCOCCOCCOCCOCCOCCOCCOCCOCCNC(=O)OCC1c2ccccc2-c2ccccc21)OCC1c2ccccc2-c2ccccc21. The van der Waals surface area contributed by atoms with E-state index >= 15 is 0 Å². The highest BCUT2D eigenvalue weighted by molar-refractivity contribution is 5.80. The maximum absolute atomic E-state index is 12.3. The highest BCUT2D eigenvalue weighted by atomic mass is 16.6. The van der Waals surface area contributed by atoms with Gasteiger partial charge in [-0.25, -0.2) is 9.59 Å². The Labute approximate surface area is 459 Å². The van der Waals surface area contributed by atoms with Crippen LogP contribution in [0.3, 0.4) is 0 Å². The van der Waals surface area contributed by atoms with Crippen LogP contribution in [0.4, 0.5) is 9.59 Å². The number of hydrogen-bond acceptors (Lipinski definition) is 17. The molecule has 0 saturated heterocycles. The second kappa shape index (κ2) is 40.1. The van der Waals surface area contributed by atoms with Gasteiger partial charge in [0, 0.05) is 31.5 Å². The van der Waals surface area contributed by atoms with Gasteiger partial charge >= 0.3 is 12.2 Å². The second-order valence-electron chi connectivity index (χ2n) is 17.8. The molecular formula is C59H82N2O17. The van der Waals surface area contributed by atoms with Crippen LogP contribution in [0.2, 0.25) is 0 Å². The largest absolute Gasteiger partial charge is 0.449 e. The lowest BCUT2D eigenvalue weighted by Gasteiger charge is -2.14. The van der Waals surface area contributed by atoms with E-state index in [9.17, 15) is 9.59 Å². The summed E-state index contributed by atoms with van der Waals surface area (Å²) in [6.07, 6.45) is -0.202. The Morgan fingerprint density at radius 1 is 0.282 bits per heavy atom. The molecule has 0 fully saturated rings. The van der Waals surface area contributed by atoms with E-state index in [1.54, 1.807) is 0 Å². The molecule has 4 aromatic carbocycles. The summed E-state index contributed by atoms with van der Waals surface area (Å²) in [7, 11) is 0. The molecule has 2 N–H and O–H groups in total. The van der Waals surface area contributed by atoms with Crippen molar-refractivity contribution in [2.24, 2.45) is 0 Å². The Balaban J connectivity index is 0.561. The zero-order valence-electron chi connectivity index (χ0n) is 45.3. The number of carbonyl (C=O) groups is 2. The molecule has 0 aliphatic heterocycles. The molecule has 2 aliphatic rings. The minimum absolute atomic E-state index is 0.0289. The summed E-state index contributed by atoms with van der Waals surface area (Å²) < 4.78 is 83.2. The van der Waals surface area contributed by atoms with Crippen LogP contribution in [0.1, 0.15) is 40.5 Å². The van der Waals surface area contributed by atoms with Crippen molar-refractivity contribution in [1.82, 2.24) is 10.6 Å². The molecular weight excluding hydrogens is 1010 g/mol. The number of alkyl carbamates (subject to hydrolysis) is 2. The Morgan fingerprint density at radius 3 is 0.769 bits per heavy atom. The van der Waals surface area contributed by atoms with E-state index in [1.807, 2.05) is 48.5 Å². The number of ether oxygens (including phenoxy) is 15. The third kappa shape index (κ3) is 24.1. The fourth-order valence-corrected chi connectivity index (χ4v) is 8.63. The lowest BCUT2D eigenvalue weighted by molar-refractivity contribution is -0.0290. The molecule has 0 aromatic heterocycles. The molecule has 0 radical (unpaired) electrons. The zero-order valence-corrected chi connectivity index (χ0v) is 45.3. The fourth-order valence-electron chi connectivity index (χ4n) is 8.63. The van der Waals surface area contributed by atoms with Gasteiger partial charge in [-0.1, -0.05) is 97.1 Å². The molecule has 430 valence electrons. The van der Waals surface area contributed by atoms with E-state index in [0.29, 0.717) is 198 Å². The summed E-state index contributed by atoms with van der Waals surface area (Å²) in [6, 6.07) is 33.1. The van der Waals surface area contributed by atoms with Crippen LogP contribution in [0.25, 0.3) is 22.3 Å². The van der Waals surface area contributed by atoms with Gasteiger partial charge in [0.15, 0.2) is 0 Å².